The van der Waals surface area contributed by atoms with Gasteiger partial charge >= 0.3 is 5.97 Å². The minimum Gasteiger partial charge on any atom is -0.469 e. The Kier molecular flexibility index (Phi) is 4.24. The van der Waals surface area contributed by atoms with Crippen LogP contribution in [0.4, 0.5) is 5.69 Å². The predicted molar refractivity (Wildman–Crippen MR) is 79.8 cm³/mol. The lowest BCUT2D eigenvalue weighted by molar-refractivity contribution is -0.140. The Morgan fingerprint density at radius 1 is 1.35 bits per heavy atom. The van der Waals surface area contributed by atoms with Crippen molar-refractivity contribution < 1.29 is 14.3 Å². The van der Waals surface area contributed by atoms with Crippen LogP contribution in [-0.2, 0) is 9.53 Å². The third kappa shape index (κ3) is 3.08. The van der Waals surface area contributed by atoms with Crippen molar-refractivity contribution in [2.75, 3.05) is 26.4 Å². The molecule has 0 fully saturated rings. The molecule has 0 atom stereocenters. The van der Waals surface area contributed by atoms with Gasteiger partial charge in [-0.1, -0.05) is 0 Å². The Labute approximate surface area is 120 Å². The van der Waals surface area contributed by atoms with Gasteiger partial charge in [0.05, 0.1) is 18.4 Å². The van der Waals surface area contributed by atoms with E-state index in [1.54, 1.807) is 7.05 Å². The molecule has 0 saturated carbocycles. The molecule has 106 valence electrons. The van der Waals surface area contributed by atoms with Gasteiger partial charge in [0.1, 0.15) is 0 Å². The van der Waals surface area contributed by atoms with E-state index in [-0.39, 0.29) is 18.3 Å². The van der Waals surface area contributed by atoms with Crippen molar-refractivity contribution in [2.45, 2.75) is 6.42 Å². The van der Waals surface area contributed by atoms with Crippen molar-refractivity contribution in [3.05, 3.63) is 29.1 Å². The average molecular weight is 292 g/mol. The van der Waals surface area contributed by atoms with E-state index in [2.05, 4.69) is 4.74 Å². The summed E-state index contributed by atoms with van der Waals surface area (Å²) in [6, 6.07) is 7.39. The highest BCUT2D eigenvalue weighted by Gasteiger charge is 2.16. The fraction of sp³-hybridized carbons (Fsp3) is 0.286. The molecular weight excluding hydrogens is 276 g/mol. The molecule has 5 nitrogen and oxygen atoms in total. The molecule has 0 spiro atoms. The van der Waals surface area contributed by atoms with E-state index < -0.39 is 0 Å². The molecule has 2 aromatic rings. The van der Waals surface area contributed by atoms with Crippen molar-refractivity contribution in [3.63, 3.8) is 0 Å². The lowest BCUT2D eigenvalue weighted by Gasteiger charge is -2.15. The van der Waals surface area contributed by atoms with Crippen LogP contribution in [0.1, 0.15) is 16.1 Å². The predicted octanol–water partition coefficient (Wildman–Crippen LogP) is 2.12. The number of amides is 1. The lowest BCUT2D eigenvalue weighted by atomic mass is 10.2. The van der Waals surface area contributed by atoms with Gasteiger partial charge in [0.2, 0.25) is 0 Å². The van der Waals surface area contributed by atoms with Crippen molar-refractivity contribution in [3.8, 4) is 0 Å². The first-order chi connectivity index (χ1) is 9.51. The molecule has 0 bridgehead atoms. The van der Waals surface area contributed by atoms with Crippen LogP contribution in [0.15, 0.2) is 24.3 Å². The first kappa shape index (κ1) is 14.3. The SMILES string of the molecule is COC(=O)CCN(C)C(=O)c1cc2cc(N)ccc2s1. The third-order valence-electron chi connectivity index (χ3n) is 2.98. The van der Waals surface area contributed by atoms with Crippen LogP contribution in [-0.4, -0.2) is 37.5 Å². The largest absolute Gasteiger partial charge is 0.469 e. The number of carbonyl (C=O) groups excluding carboxylic acids is 2. The number of nitrogen functional groups attached to an aromatic ring is 1. The number of ether oxygens (including phenoxy) is 1. The van der Waals surface area contributed by atoms with Gasteiger partial charge in [-0.05, 0) is 29.7 Å². The molecule has 0 saturated heterocycles. The number of carbonyl (C=O) groups is 2. The maximum absolute atomic E-state index is 12.3. The van der Waals surface area contributed by atoms with Crippen LogP contribution in [0.2, 0.25) is 0 Å². The summed E-state index contributed by atoms with van der Waals surface area (Å²) in [4.78, 5) is 25.5. The maximum atomic E-state index is 12.3. The average Bonchev–Trinajstić information content (AvgIpc) is 2.86. The van der Waals surface area contributed by atoms with Gasteiger partial charge in [-0.25, -0.2) is 0 Å². The van der Waals surface area contributed by atoms with Gasteiger partial charge in [0.25, 0.3) is 5.91 Å². The molecule has 1 aromatic carbocycles. The summed E-state index contributed by atoms with van der Waals surface area (Å²) in [5.41, 5.74) is 6.40. The highest BCUT2D eigenvalue weighted by molar-refractivity contribution is 7.20. The zero-order valence-electron chi connectivity index (χ0n) is 11.4. The number of hydrogen-bond acceptors (Lipinski definition) is 5. The molecule has 0 aliphatic rings. The van der Waals surface area contributed by atoms with Crippen LogP contribution < -0.4 is 5.73 Å². The topological polar surface area (TPSA) is 72.6 Å². The minimum atomic E-state index is -0.325. The fourth-order valence-corrected chi connectivity index (χ4v) is 2.86. The van der Waals surface area contributed by atoms with E-state index in [0.29, 0.717) is 17.1 Å². The molecular formula is C14H16N2O3S. The van der Waals surface area contributed by atoms with Gasteiger partial charge in [0, 0.05) is 24.0 Å². The number of anilines is 1. The number of hydrogen-bond donors (Lipinski definition) is 1. The van der Waals surface area contributed by atoms with E-state index in [1.807, 2.05) is 24.3 Å². The second-order valence-corrected chi connectivity index (χ2v) is 5.54. The molecule has 1 amide bonds. The summed E-state index contributed by atoms with van der Waals surface area (Å²) in [5.74, 6) is -0.428. The molecule has 0 aliphatic carbocycles. The Morgan fingerprint density at radius 2 is 2.10 bits per heavy atom. The summed E-state index contributed by atoms with van der Waals surface area (Å²) in [7, 11) is 3.00. The van der Waals surface area contributed by atoms with Gasteiger partial charge in [-0.3, -0.25) is 9.59 Å². The Morgan fingerprint density at radius 3 is 2.80 bits per heavy atom. The maximum Gasteiger partial charge on any atom is 0.307 e. The van der Waals surface area contributed by atoms with Crippen LogP contribution in [0.5, 0.6) is 0 Å². The van der Waals surface area contributed by atoms with E-state index in [0.717, 1.165) is 10.1 Å². The molecule has 2 rings (SSSR count). The number of esters is 1. The van der Waals surface area contributed by atoms with Crippen molar-refractivity contribution in [2.24, 2.45) is 0 Å². The monoisotopic (exact) mass is 292 g/mol. The number of fused-ring (bicyclic) bond motifs is 1. The highest BCUT2D eigenvalue weighted by atomic mass is 32.1. The molecule has 0 aliphatic heterocycles. The molecule has 6 heteroatoms. The second-order valence-electron chi connectivity index (χ2n) is 4.46. The minimum absolute atomic E-state index is 0.103. The molecule has 1 aromatic heterocycles. The summed E-state index contributed by atoms with van der Waals surface area (Å²) in [6.07, 6.45) is 0.191. The van der Waals surface area contributed by atoms with Crippen LogP contribution >= 0.6 is 11.3 Å². The highest BCUT2D eigenvalue weighted by Crippen LogP contribution is 2.28. The van der Waals surface area contributed by atoms with Gasteiger partial charge in [-0.2, -0.15) is 0 Å². The number of benzene rings is 1. The standard InChI is InChI=1S/C14H16N2O3S/c1-16(6-5-13(17)19-2)14(18)12-8-9-7-10(15)3-4-11(9)20-12/h3-4,7-8H,5-6,15H2,1-2H3. The van der Waals surface area contributed by atoms with Crippen LogP contribution in [0, 0.1) is 0 Å². The third-order valence-corrected chi connectivity index (χ3v) is 4.08. The van der Waals surface area contributed by atoms with Gasteiger partial charge < -0.3 is 15.4 Å². The normalized spacial score (nSPS) is 10.5. The summed E-state index contributed by atoms with van der Waals surface area (Å²) < 4.78 is 5.58. The number of nitrogens with zero attached hydrogens (tertiary/aromatic N) is 1. The van der Waals surface area contributed by atoms with Crippen LogP contribution in [0.25, 0.3) is 10.1 Å². The molecule has 0 radical (unpaired) electrons. The summed E-state index contributed by atoms with van der Waals surface area (Å²) in [5, 5.41) is 0.958. The lowest BCUT2D eigenvalue weighted by Crippen LogP contribution is -2.28. The van der Waals surface area contributed by atoms with Crippen molar-refractivity contribution in [1.29, 1.82) is 0 Å². The number of methoxy groups -OCH3 is 1. The molecule has 20 heavy (non-hydrogen) atoms. The van der Waals surface area contributed by atoms with Crippen molar-refractivity contribution >= 4 is 39.0 Å². The van der Waals surface area contributed by atoms with Gasteiger partial charge in [0.15, 0.2) is 0 Å². The second kappa shape index (κ2) is 5.92. The van der Waals surface area contributed by atoms with E-state index in [4.69, 9.17) is 5.73 Å². The van der Waals surface area contributed by atoms with Crippen molar-refractivity contribution in [1.82, 2.24) is 4.90 Å². The fourth-order valence-electron chi connectivity index (χ4n) is 1.82. The molecule has 0 unspecified atom stereocenters. The molecule has 2 N–H and O–H groups in total. The van der Waals surface area contributed by atoms with E-state index in [1.165, 1.54) is 23.3 Å². The van der Waals surface area contributed by atoms with Gasteiger partial charge in [-0.15, -0.1) is 11.3 Å². The zero-order chi connectivity index (χ0) is 14.7. The summed E-state index contributed by atoms with van der Waals surface area (Å²) >= 11 is 1.42. The first-order valence-corrected chi connectivity index (χ1v) is 6.94. The zero-order valence-corrected chi connectivity index (χ0v) is 12.2. The van der Waals surface area contributed by atoms with E-state index in [9.17, 15) is 9.59 Å². The number of thiophene rings is 1. The smallest absolute Gasteiger partial charge is 0.307 e. The number of rotatable bonds is 4. The Balaban J connectivity index is 2.12. The first-order valence-electron chi connectivity index (χ1n) is 6.12. The molecule has 1 heterocycles. The Hall–Kier alpha value is -2.08. The summed E-state index contributed by atoms with van der Waals surface area (Å²) in [6.45, 7) is 0.335. The quantitative estimate of drug-likeness (QED) is 0.692. The van der Waals surface area contributed by atoms with Crippen LogP contribution in [0.3, 0.4) is 0 Å². The van der Waals surface area contributed by atoms with E-state index >= 15 is 0 Å². The Bertz CT molecular complexity index is 651. The number of nitrogens with two attached hydrogens (primary N) is 1.